The summed E-state index contributed by atoms with van der Waals surface area (Å²) in [6.45, 7) is 2.52. The van der Waals surface area contributed by atoms with E-state index in [9.17, 15) is 9.59 Å². The average molecular weight is 311 g/mol. The van der Waals surface area contributed by atoms with Crippen LogP contribution in [-0.4, -0.2) is 31.8 Å². The summed E-state index contributed by atoms with van der Waals surface area (Å²) >= 11 is 0. The lowest BCUT2D eigenvalue weighted by molar-refractivity contribution is -0.121. The first-order valence-electron chi connectivity index (χ1n) is 7.46. The number of carbonyl (C=O) groups is 1. The first-order valence-corrected chi connectivity index (χ1v) is 7.46. The van der Waals surface area contributed by atoms with Crippen LogP contribution >= 0.6 is 0 Å². The summed E-state index contributed by atoms with van der Waals surface area (Å²) < 4.78 is 2.91. The molecular formula is C16H17N5O2. The molecule has 0 saturated heterocycles. The van der Waals surface area contributed by atoms with Crippen LogP contribution in [0.2, 0.25) is 0 Å². The molecule has 0 radical (unpaired) electrons. The topological polar surface area (TPSA) is 81.8 Å². The van der Waals surface area contributed by atoms with Gasteiger partial charge in [-0.2, -0.15) is 5.10 Å². The lowest BCUT2D eigenvalue weighted by atomic mass is 10.3. The molecule has 7 heteroatoms. The minimum Gasteiger partial charge on any atom is -0.355 e. The van der Waals surface area contributed by atoms with E-state index in [0.29, 0.717) is 17.6 Å². The van der Waals surface area contributed by atoms with Crippen LogP contribution in [0, 0.1) is 0 Å². The molecule has 0 fully saturated rings. The van der Waals surface area contributed by atoms with Crippen molar-refractivity contribution in [3.63, 3.8) is 0 Å². The van der Waals surface area contributed by atoms with Gasteiger partial charge >= 0.3 is 0 Å². The van der Waals surface area contributed by atoms with Gasteiger partial charge in [-0.15, -0.1) is 0 Å². The van der Waals surface area contributed by atoms with Crippen LogP contribution in [0.15, 0.2) is 47.7 Å². The molecule has 0 saturated carbocycles. The molecule has 1 N–H and O–H groups in total. The third-order valence-electron chi connectivity index (χ3n) is 3.44. The summed E-state index contributed by atoms with van der Waals surface area (Å²) in [4.78, 5) is 28.5. The zero-order chi connectivity index (χ0) is 16.2. The highest BCUT2D eigenvalue weighted by Crippen LogP contribution is 2.12. The fourth-order valence-corrected chi connectivity index (χ4v) is 2.29. The molecule has 1 aromatic carbocycles. The zero-order valence-electron chi connectivity index (χ0n) is 12.8. The molecule has 3 rings (SSSR count). The number of benzene rings is 1. The Bertz CT molecular complexity index is 882. The number of amides is 1. The molecule has 0 aliphatic rings. The number of hydrogen-bond donors (Lipinski definition) is 1. The van der Waals surface area contributed by atoms with E-state index < -0.39 is 0 Å². The van der Waals surface area contributed by atoms with E-state index >= 15 is 0 Å². The van der Waals surface area contributed by atoms with Gasteiger partial charge in [0, 0.05) is 6.54 Å². The molecule has 0 atom stereocenters. The lowest BCUT2D eigenvalue weighted by Gasteiger charge is -2.06. The Kier molecular flexibility index (Phi) is 4.18. The first-order chi connectivity index (χ1) is 11.2. The molecular weight excluding hydrogens is 294 g/mol. The van der Waals surface area contributed by atoms with E-state index in [2.05, 4.69) is 15.4 Å². The summed E-state index contributed by atoms with van der Waals surface area (Å²) in [5.74, 6) is -0.203. The van der Waals surface area contributed by atoms with E-state index in [1.807, 2.05) is 37.3 Å². The third-order valence-corrected chi connectivity index (χ3v) is 3.44. The number of aromatic nitrogens is 4. The number of nitrogens with zero attached hydrogens (tertiary/aromatic N) is 4. The number of nitrogens with one attached hydrogen (secondary N) is 1. The second-order valence-corrected chi connectivity index (χ2v) is 5.16. The molecule has 0 unspecified atom stereocenters. The van der Waals surface area contributed by atoms with E-state index in [1.165, 1.54) is 17.1 Å². The molecule has 0 spiro atoms. The van der Waals surface area contributed by atoms with Gasteiger partial charge in [-0.1, -0.05) is 25.1 Å². The van der Waals surface area contributed by atoms with Crippen molar-refractivity contribution >= 4 is 16.9 Å². The molecule has 0 bridgehead atoms. The molecule has 2 heterocycles. The van der Waals surface area contributed by atoms with Crippen LogP contribution < -0.4 is 10.9 Å². The number of rotatable bonds is 5. The summed E-state index contributed by atoms with van der Waals surface area (Å²) in [7, 11) is 0. The van der Waals surface area contributed by atoms with Gasteiger partial charge in [0.1, 0.15) is 18.3 Å². The molecule has 1 amide bonds. The van der Waals surface area contributed by atoms with Crippen molar-refractivity contribution in [2.45, 2.75) is 19.9 Å². The number of carbonyl (C=O) groups excluding carboxylic acids is 1. The third kappa shape index (κ3) is 2.98. The van der Waals surface area contributed by atoms with Crippen LogP contribution in [0.4, 0.5) is 0 Å². The van der Waals surface area contributed by atoms with Gasteiger partial charge in [0.05, 0.1) is 11.9 Å². The molecule has 0 aliphatic carbocycles. The van der Waals surface area contributed by atoms with Gasteiger partial charge in [-0.05, 0) is 18.6 Å². The van der Waals surface area contributed by atoms with Crippen molar-refractivity contribution in [1.82, 2.24) is 24.6 Å². The average Bonchev–Trinajstić information content (AvgIpc) is 3.01. The zero-order valence-corrected chi connectivity index (χ0v) is 12.8. The predicted molar refractivity (Wildman–Crippen MR) is 86.4 cm³/mol. The second-order valence-electron chi connectivity index (χ2n) is 5.16. The Balaban J connectivity index is 1.95. The number of fused-ring (bicyclic) bond motifs is 1. The molecule has 3 aromatic rings. The highest BCUT2D eigenvalue weighted by molar-refractivity contribution is 5.77. The van der Waals surface area contributed by atoms with Gasteiger partial charge in [-0.3, -0.25) is 14.2 Å². The Labute approximate surface area is 132 Å². The van der Waals surface area contributed by atoms with Crippen molar-refractivity contribution in [3.05, 3.63) is 53.2 Å². The Hall–Kier alpha value is -2.96. The van der Waals surface area contributed by atoms with E-state index in [0.717, 1.165) is 12.1 Å². The minimum absolute atomic E-state index is 0.0434. The van der Waals surface area contributed by atoms with Crippen molar-refractivity contribution in [1.29, 1.82) is 0 Å². The van der Waals surface area contributed by atoms with Crippen LogP contribution in [0.3, 0.4) is 0 Å². The standard InChI is InChI=1S/C16H17N5O2/c1-2-8-17-14(22)10-20-11-18-15-13(16(20)23)9-19-21(15)12-6-4-3-5-7-12/h3-7,9,11H,2,8,10H2,1H3,(H,17,22). The van der Waals surface area contributed by atoms with Gasteiger partial charge in [0.15, 0.2) is 5.65 Å². The Morgan fingerprint density at radius 3 is 2.78 bits per heavy atom. The van der Waals surface area contributed by atoms with Crippen molar-refractivity contribution in [2.24, 2.45) is 0 Å². The van der Waals surface area contributed by atoms with Crippen molar-refractivity contribution in [2.75, 3.05) is 6.54 Å². The maximum absolute atomic E-state index is 12.5. The van der Waals surface area contributed by atoms with E-state index in [-0.39, 0.29) is 18.0 Å². The summed E-state index contributed by atoms with van der Waals surface area (Å²) in [6.07, 6.45) is 3.72. The number of para-hydroxylation sites is 1. The second kappa shape index (κ2) is 6.43. The molecule has 23 heavy (non-hydrogen) atoms. The fourth-order valence-electron chi connectivity index (χ4n) is 2.29. The predicted octanol–water partition coefficient (Wildman–Crippen LogP) is 1.11. The largest absolute Gasteiger partial charge is 0.355 e. The quantitative estimate of drug-likeness (QED) is 0.765. The Morgan fingerprint density at radius 2 is 2.04 bits per heavy atom. The van der Waals surface area contributed by atoms with Crippen LogP contribution in [-0.2, 0) is 11.3 Å². The van der Waals surface area contributed by atoms with Gasteiger partial charge < -0.3 is 5.32 Å². The highest BCUT2D eigenvalue weighted by atomic mass is 16.2. The first kappa shape index (κ1) is 15.0. The SMILES string of the molecule is CCCNC(=O)Cn1cnc2c(cnn2-c2ccccc2)c1=O. The minimum atomic E-state index is -0.274. The Morgan fingerprint density at radius 1 is 1.26 bits per heavy atom. The smallest absolute Gasteiger partial charge is 0.264 e. The highest BCUT2D eigenvalue weighted by Gasteiger charge is 2.12. The number of hydrogen-bond acceptors (Lipinski definition) is 4. The maximum atomic E-state index is 12.5. The van der Waals surface area contributed by atoms with Crippen LogP contribution in [0.5, 0.6) is 0 Å². The monoisotopic (exact) mass is 311 g/mol. The fraction of sp³-hybridized carbons (Fsp3) is 0.250. The molecule has 118 valence electrons. The van der Waals surface area contributed by atoms with Gasteiger partial charge in [-0.25, -0.2) is 9.67 Å². The van der Waals surface area contributed by atoms with E-state index in [1.54, 1.807) is 4.68 Å². The summed E-state index contributed by atoms with van der Waals surface area (Å²) in [6, 6.07) is 9.46. The van der Waals surface area contributed by atoms with Gasteiger partial charge in [0.25, 0.3) is 5.56 Å². The van der Waals surface area contributed by atoms with E-state index in [4.69, 9.17) is 0 Å². The summed E-state index contributed by atoms with van der Waals surface area (Å²) in [5.41, 5.74) is 1.03. The normalized spacial score (nSPS) is 10.8. The van der Waals surface area contributed by atoms with Crippen LogP contribution in [0.25, 0.3) is 16.7 Å². The van der Waals surface area contributed by atoms with Crippen LogP contribution in [0.1, 0.15) is 13.3 Å². The summed E-state index contributed by atoms with van der Waals surface area (Å²) in [5, 5.41) is 7.36. The van der Waals surface area contributed by atoms with Crippen molar-refractivity contribution in [3.8, 4) is 5.69 Å². The molecule has 7 nitrogen and oxygen atoms in total. The molecule has 0 aliphatic heterocycles. The van der Waals surface area contributed by atoms with Crippen molar-refractivity contribution < 1.29 is 4.79 Å². The molecule has 2 aromatic heterocycles. The maximum Gasteiger partial charge on any atom is 0.264 e. The lowest BCUT2D eigenvalue weighted by Crippen LogP contribution is -2.32. The van der Waals surface area contributed by atoms with Gasteiger partial charge in [0.2, 0.25) is 5.91 Å².